The first-order valence-electron chi connectivity index (χ1n) is 10.2. The molecule has 1 fully saturated rings. The maximum absolute atomic E-state index is 13.1. The fraction of sp³-hybridized carbons (Fsp3) is 0.435. The Hall–Kier alpha value is -2.38. The number of nitrogens with one attached hydrogen (secondary N) is 1. The molecule has 0 aliphatic carbocycles. The number of sulfonamides is 1. The van der Waals surface area contributed by atoms with Crippen molar-refractivity contribution in [1.29, 1.82) is 0 Å². The van der Waals surface area contributed by atoms with Gasteiger partial charge in [0.1, 0.15) is 10.6 Å². The summed E-state index contributed by atoms with van der Waals surface area (Å²) < 4.78 is 33.0. The maximum atomic E-state index is 13.1. The molecule has 1 atom stereocenters. The second kappa shape index (κ2) is 8.78. The summed E-state index contributed by atoms with van der Waals surface area (Å²) in [5.74, 6) is -0.0758. The first-order valence-corrected chi connectivity index (χ1v) is 11.6. The smallest absolute Gasteiger partial charge is 0.251 e. The third kappa shape index (κ3) is 4.68. The number of rotatable bonds is 6. The van der Waals surface area contributed by atoms with E-state index in [1.807, 2.05) is 30.3 Å². The largest absolute Gasteiger partial charge is 0.495 e. The number of carbonyl (C=O) groups excluding carboxylic acids is 1. The molecule has 1 N–H and O–H groups in total. The van der Waals surface area contributed by atoms with E-state index in [0.717, 1.165) is 18.4 Å². The van der Waals surface area contributed by atoms with Crippen LogP contribution in [0.2, 0.25) is 0 Å². The zero-order chi connectivity index (χ0) is 21.9. The SMILES string of the molecule is COc1ccc(C(=O)NC(c2ccccc2)C(C)(C)C)cc1S(=O)(=O)N1CCCC1. The molecule has 0 aromatic heterocycles. The predicted octanol–water partition coefficient (Wildman–Crippen LogP) is 4.00. The number of hydrogen-bond acceptors (Lipinski definition) is 4. The topological polar surface area (TPSA) is 75.7 Å². The van der Waals surface area contributed by atoms with Crippen LogP contribution >= 0.6 is 0 Å². The number of carbonyl (C=O) groups is 1. The van der Waals surface area contributed by atoms with Crippen LogP contribution in [0, 0.1) is 5.41 Å². The van der Waals surface area contributed by atoms with Crippen molar-refractivity contribution < 1.29 is 17.9 Å². The number of ether oxygens (including phenoxy) is 1. The number of nitrogens with zero attached hydrogens (tertiary/aromatic N) is 1. The molecule has 2 aromatic carbocycles. The molecule has 1 aliphatic heterocycles. The molecule has 0 radical (unpaired) electrons. The summed E-state index contributed by atoms with van der Waals surface area (Å²) in [4.78, 5) is 13.1. The predicted molar refractivity (Wildman–Crippen MR) is 117 cm³/mol. The van der Waals surface area contributed by atoms with E-state index in [2.05, 4.69) is 26.1 Å². The molecule has 0 spiro atoms. The average Bonchev–Trinajstić information content (AvgIpc) is 3.27. The quantitative estimate of drug-likeness (QED) is 0.752. The van der Waals surface area contributed by atoms with Crippen molar-refractivity contribution in [2.75, 3.05) is 20.2 Å². The van der Waals surface area contributed by atoms with E-state index in [4.69, 9.17) is 4.74 Å². The van der Waals surface area contributed by atoms with Crippen LogP contribution in [0.15, 0.2) is 53.4 Å². The summed E-state index contributed by atoms with van der Waals surface area (Å²) in [5, 5.41) is 3.09. The van der Waals surface area contributed by atoms with E-state index in [1.54, 1.807) is 12.1 Å². The van der Waals surface area contributed by atoms with Crippen molar-refractivity contribution in [2.45, 2.75) is 44.6 Å². The zero-order valence-electron chi connectivity index (χ0n) is 18.0. The van der Waals surface area contributed by atoms with Crippen molar-refractivity contribution in [3.63, 3.8) is 0 Å². The van der Waals surface area contributed by atoms with Gasteiger partial charge in [-0.25, -0.2) is 8.42 Å². The van der Waals surface area contributed by atoms with E-state index >= 15 is 0 Å². The van der Waals surface area contributed by atoms with Gasteiger partial charge in [0.05, 0.1) is 13.2 Å². The first kappa shape index (κ1) is 22.3. The Morgan fingerprint density at radius 2 is 1.70 bits per heavy atom. The lowest BCUT2D eigenvalue weighted by Gasteiger charge is -2.32. The third-order valence-corrected chi connectivity index (χ3v) is 7.30. The molecule has 7 heteroatoms. The molecule has 1 unspecified atom stereocenters. The Morgan fingerprint density at radius 3 is 2.27 bits per heavy atom. The van der Waals surface area contributed by atoms with Crippen molar-refractivity contribution in [3.05, 3.63) is 59.7 Å². The van der Waals surface area contributed by atoms with Gasteiger partial charge < -0.3 is 10.1 Å². The number of methoxy groups -OCH3 is 1. The van der Waals surface area contributed by atoms with Gasteiger partial charge in [0.15, 0.2) is 0 Å². The van der Waals surface area contributed by atoms with Gasteiger partial charge in [-0.15, -0.1) is 0 Å². The fourth-order valence-corrected chi connectivity index (χ4v) is 5.45. The third-order valence-electron chi connectivity index (χ3n) is 5.38. The summed E-state index contributed by atoms with van der Waals surface area (Å²) in [5.41, 5.74) is 1.06. The average molecular weight is 431 g/mol. The first-order chi connectivity index (χ1) is 14.1. The van der Waals surface area contributed by atoms with Crippen LogP contribution in [-0.4, -0.2) is 38.8 Å². The molecule has 1 aliphatic rings. The van der Waals surface area contributed by atoms with Crippen LogP contribution in [0.25, 0.3) is 0 Å². The number of benzene rings is 2. The Kier molecular flexibility index (Phi) is 6.53. The van der Waals surface area contributed by atoms with Crippen molar-refractivity contribution >= 4 is 15.9 Å². The lowest BCUT2D eigenvalue weighted by molar-refractivity contribution is 0.0901. The highest BCUT2D eigenvalue weighted by molar-refractivity contribution is 7.89. The van der Waals surface area contributed by atoms with Gasteiger partial charge in [-0.3, -0.25) is 4.79 Å². The summed E-state index contributed by atoms with van der Waals surface area (Å²) in [7, 11) is -2.28. The molecular formula is C23H30N2O4S. The summed E-state index contributed by atoms with van der Waals surface area (Å²) >= 11 is 0. The Labute approximate surface area is 179 Å². The molecule has 0 saturated carbocycles. The molecule has 30 heavy (non-hydrogen) atoms. The molecule has 2 aromatic rings. The highest BCUT2D eigenvalue weighted by Crippen LogP contribution is 2.34. The zero-order valence-corrected chi connectivity index (χ0v) is 18.8. The maximum Gasteiger partial charge on any atom is 0.251 e. The monoisotopic (exact) mass is 430 g/mol. The minimum Gasteiger partial charge on any atom is -0.495 e. The van der Waals surface area contributed by atoms with E-state index in [-0.39, 0.29) is 28.0 Å². The highest BCUT2D eigenvalue weighted by atomic mass is 32.2. The van der Waals surface area contributed by atoms with Gasteiger partial charge in [0.25, 0.3) is 5.91 Å². The van der Waals surface area contributed by atoms with Crippen LogP contribution in [0.4, 0.5) is 0 Å². The van der Waals surface area contributed by atoms with Crippen molar-refractivity contribution in [3.8, 4) is 5.75 Å². The normalized spacial score (nSPS) is 16.3. The minimum absolute atomic E-state index is 0.0339. The van der Waals surface area contributed by atoms with Gasteiger partial charge in [-0.2, -0.15) is 4.31 Å². The van der Waals surface area contributed by atoms with Crippen LogP contribution in [0.1, 0.15) is 55.6 Å². The minimum atomic E-state index is -3.72. The van der Waals surface area contributed by atoms with E-state index in [1.165, 1.54) is 17.5 Å². The van der Waals surface area contributed by atoms with Gasteiger partial charge >= 0.3 is 0 Å². The summed E-state index contributed by atoms with van der Waals surface area (Å²) in [6.07, 6.45) is 1.68. The lowest BCUT2D eigenvalue weighted by Crippen LogP contribution is -2.36. The van der Waals surface area contributed by atoms with E-state index in [0.29, 0.717) is 18.7 Å². The Bertz CT molecular complexity index is 992. The molecule has 0 bridgehead atoms. The molecule has 6 nitrogen and oxygen atoms in total. The van der Waals surface area contributed by atoms with Gasteiger partial charge in [-0.05, 0) is 42.0 Å². The summed E-state index contributed by atoms with van der Waals surface area (Å²) in [6, 6.07) is 14.1. The standard InChI is InChI=1S/C23H30N2O4S/c1-23(2,3)21(17-10-6-5-7-11-17)24-22(26)18-12-13-19(29-4)20(16-18)30(27,28)25-14-8-9-15-25/h5-7,10-13,16,21H,8-9,14-15H2,1-4H3,(H,24,26). The van der Waals surface area contributed by atoms with Crippen molar-refractivity contribution in [1.82, 2.24) is 9.62 Å². The van der Waals surface area contributed by atoms with Crippen LogP contribution < -0.4 is 10.1 Å². The molecular weight excluding hydrogens is 400 g/mol. The molecule has 3 rings (SSSR count). The Balaban J connectivity index is 1.94. The van der Waals surface area contributed by atoms with Gasteiger partial charge in [0, 0.05) is 18.7 Å². The van der Waals surface area contributed by atoms with Gasteiger partial charge in [-0.1, -0.05) is 51.1 Å². The highest BCUT2D eigenvalue weighted by Gasteiger charge is 2.32. The van der Waals surface area contributed by atoms with Crippen LogP contribution in [-0.2, 0) is 10.0 Å². The number of hydrogen-bond donors (Lipinski definition) is 1. The van der Waals surface area contributed by atoms with E-state index in [9.17, 15) is 13.2 Å². The fourth-order valence-electron chi connectivity index (χ4n) is 3.75. The molecule has 162 valence electrons. The summed E-state index contributed by atoms with van der Waals surface area (Å²) in [6.45, 7) is 7.15. The van der Waals surface area contributed by atoms with Crippen LogP contribution in [0.3, 0.4) is 0 Å². The molecule has 1 saturated heterocycles. The molecule has 1 amide bonds. The lowest BCUT2D eigenvalue weighted by atomic mass is 9.82. The van der Waals surface area contributed by atoms with Gasteiger partial charge in [0.2, 0.25) is 10.0 Å². The molecule has 1 heterocycles. The van der Waals surface area contributed by atoms with E-state index < -0.39 is 10.0 Å². The van der Waals surface area contributed by atoms with Crippen LogP contribution in [0.5, 0.6) is 5.75 Å². The second-order valence-corrected chi connectivity index (χ2v) is 10.6. The van der Waals surface area contributed by atoms with Crippen molar-refractivity contribution in [2.24, 2.45) is 5.41 Å². The second-order valence-electron chi connectivity index (χ2n) is 8.66. The number of amides is 1. The Morgan fingerprint density at radius 1 is 1.07 bits per heavy atom.